The summed E-state index contributed by atoms with van der Waals surface area (Å²) >= 11 is 0. The third-order valence-corrected chi connectivity index (χ3v) is 7.73. The zero-order valence-corrected chi connectivity index (χ0v) is 25.0. The number of aromatic nitrogens is 5. The molecule has 8 nitrogen and oxygen atoms in total. The first-order valence-electron chi connectivity index (χ1n) is 13.1. The topological polar surface area (TPSA) is 67.1 Å². The second kappa shape index (κ2) is 9.44. The molecule has 9 heteroatoms. The van der Waals surface area contributed by atoms with Crippen LogP contribution in [0.15, 0.2) is 102 Å². The molecule has 0 unspecified atom stereocenters. The number of para-hydroxylation sites is 2. The van der Waals surface area contributed by atoms with Crippen LogP contribution < -0.4 is 14.4 Å². The summed E-state index contributed by atoms with van der Waals surface area (Å²) in [5.74, 6) is 1.58. The second-order valence-corrected chi connectivity index (χ2v) is 10.1. The maximum atomic E-state index is 6.00. The van der Waals surface area contributed by atoms with E-state index in [0.29, 0.717) is 5.58 Å². The molecule has 0 aliphatic carbocycles. The number of hydrogen-bond donors (Lipinski definition) is 0. The van der Waals surface area contributed by atoms with E-state index >= 15 is 0 Å². The van der Waals surface area contributed by atoms with Crippen molar-refractivity contribution in [2.24, 2.45) is 14.1 Å². The van der Waals surface area contributed by atoms with Gasteiger partial charge in [-0.1, -0.05) is 35.2 Å². The first kappa shape index (κ1) is 25.3. The molecule has 0 saturated heterocycles. The Morgan fingerprint density at radius 1 is 0.854 bits per heavy atom. The first-order valence-corrected chi connectivity index (χ1v) is 13.1. The Morgan fingerprint density at radius 3 is 2.49 bits per heavy atom. The third-order valence-electron chi connectivity index (χ3n) is 7.73. The van der Waals surface area contributed by atoms with Gasteiger partial charge in [0, 0.05) is 57.5 Å². The summed E-state index contributed by atoms with van der Waals surface area (Å²) in [6, 6.07) is 24.6. The van der Waals surface area contributed by atoms with E-state index < -0.39 is 0 Å². The van der Waals surface area contributed by atoms with Crippen molar-refractivity contribution < 1.29 is 29.1 Å². The molecule has 0 amide bonds. The minimum Gasteiger partial charge on any atom is -0.462 e. The van der Waals surface area contributed by atoms with E-state index in [2.05, 4.69) is 106 Å². The van der Waals surface area contributed by atoms with Crippen LogP contribution in [0.5, 0.6) is 0 Å². The van der Waals surface area contributed by atoms with Gasteiger partial charge >= 0.3 is 0 Å². The number of hydrogen-bond acceptors (Lipinski definition) is 6. The monoisotopic (exact) mass is 716 g/mol. The molecule has 6 aromatic heterocycles. The molecule has 1 aliphatic heterocycles. The van der Waals surface area contributed by atoms with Crippen LogP contribution in [0.4, 0.5) is 28.7 Å². The predicted octanol–water partition coefficient (Wildman–Crippen LogP) is 6.54. The van der Waals surface area contributed by atoms with Gasteiger partial charge in [-0.25, -0.2) is 9.97 Å². The van der Waals surface area contributed by atoms with Gasteiger partial charge in [0.05, 0.1) is 42.4 Å². The Bertz CT molecular complexity index is 2080. The number of pyridine rings is 3. The number of fused-ring (bicyclic) bond motifs is 4. The number of benzene rings is 1. The van der Waals surface area contributed by atoms with Crippen LogP contribution >= 0.6 is 0 Å². The smallest absolute Gasteiger partial charge is 0.178 e. The molecule has 8 rings (SSSR count). The summed E-state index contributed by atoms with van der Waals surface area (Å²) in [4.78, 5) is 19.3. The zero-order chi connectivity index (χ0) is 27.0. The molecular formula is C32H25IrN7O. The van der Waals surface area contributed by atoms with E-state index in [-0.39, 0.29) is 20.1 Å². The molecule has 1 radical (unpaired) electrons. The van der Waals surface area contributed by atoms with E-state index in [1.54, 1.807) is 12.5 Å². The molecule has 0 atom stereocenters. The molecule has 0 fully saturated rings. The average molecular weight is 716 g/mol. The molecule has 0 N–H and O–H groups in total. The maximum absolute atomic E-state index is 6.00. The van der Waals surface area contributed by atoms with Crippen LogP contribution in [0.2, 0.25) is 0 Å². The molecule has 41 heavy (non-hydrogen) atoms. The summed E-state index contributed by atoms with van der Waals surface area (Å²) in [7, 11) is 6.20. The maximum Gasteiger partial charge on any atom is 0.178 e. The minimum absolute atomic E-state index is 0. The zero-order valence-electron chi connectivity index (χ0n) is 22.6. The van der Waals surface area contributed by atoms with Crippen LogP contribution in [0.25, 0.3) is 44.6 Å². The van der Waals surface area contributed by atoms with Crippen molar-refractivity contribution >= 4 is 50.8 Å². The molecule has 1 aliphatic rings. The van der Waals surface area contributed by atoms with Gasteiger partial charge < -0.3 is 18.5 Å². The van der Waals surface area contributed by atoms with Crippen molar-refractivity contribution in [3.05, 3.63) is 97.7 Å². The summed E-state index contributed by atoms with van der Waals surface area (Å²) in [5.41, 5.74) is 9.32. The van der Waals surface area contributed by atoms with Gasteiger partial charge in [0.2, 0.25) is 0 Å². The largest absolute Gasteiger partial charge is 0.462 e. The van der Waals surface area contributed by atoms with Crippen LogP contribution in [-0.2, 0) is 34.2 Å². The summed E-state index contributed by atoms with van der Waals surface area (Å²) < 4.78 is 10.3. The Labute approximate surface area is 249 Å². The van der Waals surface area contributed by atoms with Gasteiger partial charge in [0.1, 0.15) is 17.6 Å². The molecule has 7 heterocycles. The molecule has 1 aromatic carbocycles. The molecule has 203 valence electrons. The standard InChI is InChI=1S/C32H25N7O.Ir/c1-36-16-14-20-21(18-37(2)32(20)36)24-10-8-13-29(34-24)39-26-12-5-4-11-25(26)38(3)27-17-28-30(35-31(27)39)22(19-40-28)23-9-6-7-15-33-23;/h4-19H,1-3H3;. The number of furan rings is 1. The third kappa shape index (κ3) is 3.74. The summed E-state index contributed by atoms with van der Waals surface area (Å²) in [6.07, 6.45) is 7.76. The summed E-state index contributed by atoms with van der Waals surface area (Å²) in [5, 5.41) is 1.17. The quantitative estimate of drug-likeness (QED) is 0.153. The van der Waals surface area contributed by atoms with Crippen molar-refractivity contribution in [2.45, 2.75) is 0 Å². The van der Waals surface area contributed by atoms with Gasteiger partial charge in [0.25, 0.3) is 0 Å². The number of nitrogens with zero attached hydrogens (tertiary/aromatic N) is 7. The van der Waals surface area contributed by atoms with Crippen LogP contribution in [0.3, 0.4) is 0 Å². The Balaban J connectivity index is 0.00000276. The molecule has 0 saturated carbocycles. The van der Waals surface area contributed by atoms with E-state index in [1.807, 2.05) is 24.3 Å². The fraction of sp³-hybridized carbons (Fsp3) is 0.0938. The van der Waals surface area contributed by atoms with Gasteiger partial charge in [-0.3, -0.25) is 9.88 Å². The number of rotatable bonds is 3. The fourth-order valence-electron chi connectivity index (χ4n) is 5.86. The van der Waals surface area contributed by atoms with Crippen LogP contribution in [-0.4, -0.2) is 26.6 Å². The van der Waals surface area contributed by atoms with Crippen molar-refractivity contribution in [1.82, 2.24) is 19.5 Å². The summed E-state index contributed by atoms with van der Waals surface area (Å²) in [6.45, 7) is 0. The second-order valence-electron chi connectivity index (χ2n) is 10.1. The molecule has 7 aromatic rings. The fourth-order valence-corrected chi connectivity index (χ4v) is 5.86. The average Bonchev–Trinajstić information content (AvgIpc) is 3.68. The first-order chi connectivity index (χ1) is 19.6. The van der Waals surface area contributed by atoms with E-state index in [0.717, 1.165) is 62.4 Å². The molecule has 0 bridgehead atoms. The van der Waals surface area contributed by atoms with Crippen molar-refractivity contribution in [3.63, 3.8) is 0 Å². The van der Waals surface area contributed by atoms with E-state index in [4.69, 9.17) is 14.4 Å². The number of anilines is 5. The SMILES string of the molecule is CN1c2ccccc2N(c2cccc(-c3cn(C)c4c3[cH-]c[n+]4C)n2)c2nc3c(-c4ccccn4)coc3cc21.[Ir]. The van der Waals surface area contributed by atoms with Gasteiger partial charge in [-0.15, -0.1) is 6.07 Å². The molecule has 0 spiro atoms. The van der Waals surface area contributed by atoms with Crippen molar-refractivity contribution in [2.75, 3.05) is 16.8 Å². The van der Waals surface area contributed by atoms with Gasteiger partial charge in [0.15, 0.2) is 17.0 Å². The Hall–Kier alpha value is -4.72. The normalized spacial score (nSPS) is 12.5. The van der Waals surface area contributed by atoms with Gasteiger partial charge in [-0.2, -0.15) is 0 Å². The predicted molar refractivity (Wildman–Crippen MR) is 156 cm³/mol. The Kier molecular flexibility index (Phi) is 5.81. The van der Waals surface area contributed by atoms with E-state index in [1.165, 1.54) is 5.39 Å². The van der Waals surface area contributed by atoms with Gasteiger partial charge in [-0.05, 0) is 36.4 Å². The molecular weight excluding hydrogens is 691 g/mol. The Morgan fingerprint density at radius 2 is 1.66 bits per heavy atom. The van der Waals surface area contributed by atoms with Crippen molar-refractivity contribution in [3.8, 4) is 22.5 Å². The van der Waals surface area contributed by atoms with Crippen LogP contribution in [0, 0.1) is 0 Å². The number of aryl methyl sites for hydroxylation is 2. The van der Waals surface area contributed by atoms with E-state index in [9.17, 15) is 0 Å². The van der Waals surface area contributed by atoms with Crippen molar-refractivity contribution in [1.29, 1.82) is 0 Å². The minimum atomic E-state index is 0. The van der Waals surface area contributed by atoms with Crippen LogP contribution in [0.1, 0.15) is 0 Å².